The molecule has 0 saturated heterocycles. The van der Waals surface area contributed by atoms with E-state index in [9.17, 15) is 4.79 Å². The topological polar surface area (TPSA) is 50.7 Å². The van der Waals surface area contributed by atoms with Crippen molar-refractivity contribution in [2.45, 2.75) is 13.5 Å². The first-order valence-electron chi connectivity index (χ1n) is 3.44. The first-order chi connectivity index (χ1) is 5.65. The van der Waals surface area contributed by atoms with Crippen LogP contribution in [0.4, 0.5) is 0 Å². The van der Waals surface area contributed by atoms with E-state index in [2.05, 4.69) is 16.7 Å². The van der Waals surface area contributed by atoms with Crippen LogP contribution in [0.15, 0.2) is 17.4 Å². The summed E-state index contributed by atoms with van der Waals surface area (Å²) in [7, 11) is 0. The zero-order valence-corrected chi connectivity index (χ0v) is 7.52. The van der Waals surface area contributed by atoms with Crippen molar-refractivity contribution in [1.82, 2.24) is 14.8 Å². The van der Waals surface area contributed by atoms with E-state index in [0.29, 0.717) is 17.0 Å². The largest absolute Gasteiger partial charge is 0.296 e. The molecule has 0 unspecified atom stereocenters. The van der Waals surface area contributed by atoms with Gasteiger partial charge < -0.3 is 0 Å². The van der Waals surface area contributed by atoms with Crippen molar-refractivity contribution >= 4 is 12.2 Å². The highest BCUT2D eigenvalue weighted by Crippen LogP contribution is 1.85. The molecule has 1 heterocycles. The number of hydrogen-bond acceptors (Lipinski definition) is 3. The van der Waals surface area contributed by atoms with E-state index in [-0.39, 0.29) is 5.56 Å². The lowest BCUT2D eigenvalue weighted by Gasteiger charge is -2.01. The molecule has 1 N–H and O–H groups in total. The quantitative estimate of drug-likeness (QED) is 0.545. The Labute approximate surface area is 74.6 Å². The molecule has 1 aromatic rings. The highest BCUT2D eigenvalue weighted by molar-refractivity contribution is 7.71. The summed E-state index contributed by atoms with van der Waals surface area (Å²) < 4.78 is 1.84. The monoisotopic (exact) mass is 183 g/mol. The zero-order valence-electron chi connectivity index (χ0n) is 6.70. The Balaban J connectivity index is 3.32. The number of allylic oxidation sites excluding steroid dienone is 1. The predicted molar refractivity (Wildman–Crippen MR) is 48.6 cm³/mol. The van der Waals surface area contributed by atoms with Crippen LogP contribution < -0.4 is 5.56 Å². The third-order valence-corrected chi connectivity index (χ3v) is 1.67. The Kier molecular flexibility index (Phi) is 2.54. The van der Waals surface area contributed by atoms with E-state index in [0.717, 1.165) is 0 Å². The van der Waals surface area contributed by atoms with Crippen LogP contribution in [-0.2, 0) is 6.54 Å². The second kappa shape index (κ2) is 3.44. The Morgan fingerprint density at radius 1 is 1.83 bits per heavy atom. The average molecular weight is 183 g/mol. The molecule has 0 aromatic carbocycles. The third kappa shape index (κ3) is 1.68. The minimum atomic E-state index is -0.236. The Hall–Kier alpha value is -1.23. The first-order valence-corrected chi connectivity index (χ1v) is 3.85. The van der Waals surface area contributed by atoms with E-state index >= 15 is 0 Å². The van der Waals surface area contributed by atoms with E-state index in [1.165, 1.54) is 4.68 Å². The molecule has 0 fully saturated rings. The van der Waals surface area contributed by atoms with Crippen LogP contribution in [0, 0.1) is 11.7 Å². The van der Waals surface area contributed by atoms with Gasteiger partial charge in [0.05, 0.1) is 6.54 Å². The maximum Gasteiger partial charge on any atom is 0.273 e. The van der Waals surface area contributed by atoms with E-state index in [4.69, 9.17) is 12.2 Å². The summed E-state index contributed by atoms with van der Waals surface area (Å²) in [6, 6.07) is 0. The number of nitrogens with zero attached hydrogens (tertiary/aromatic N) is 2. The molecule has 0 amide bonds. The van der Waals surface area contributed by atoms with Gasteiger partial charge in [0.2, 0.25) is 0 Å². The summed E-state index contributed by atoms with van der Waals surface area (Å²) in [4.78, 5) is 13.5. The van der Waals surface area contributed by atoms with Crippen molar-refractivity contribution in [3.05, 3.63) is 33.5 Å². The van der Waals surface area contributed by atoms with Gasteiger partial charge in [-0.2, -0.15) is 5.10 Å². The van der Waals surface area contributed by atoms with Gasteiger partial charge in [-0.15, -0.1) is 6.58 Å². The minimum Gasteiger partial charge on any atom is -0.296 e. The molecule has 0 spiro atoms. The van der Waals surface area contributed by atoms with Crippen molar-refractivity contribution in [2.24, 2.45) is 0 Å². The number of hydrogen-bond donors (Lipinski definition) is 1. The Bertz CT molecular complexity index is 404. The molecule has 0 saturated carbocycles. The first kappa shape index (κ1) is 8.86. The predicted octanol–water partition coefficient (Wildman–Crippen LogP) is 0.795. The van der Waals surface area contributed by atoms with Crippen LogP contribution in [0.3, 0.4) is 0 Å². The van der Waals surface area contributed by atoms with Gasteiger partial charge in [-0.25, -0.2) is 4.68 Å². The molecule has 64 valence electrons. The fraction of sp³-hybridized carbons (Fsp3) is 0.286. The van der Waals surface area contributed by atoms with Crippen LogP contribution in [0.25, 0.3) is 0 Å². The van der Waals surface area contributed by atoms with Crippen LogP contribution >= 0.6 is 12.2 Å². The number of aromatic nitrogens is 3. The standard InChI is InChI=1S/C7H9N3OS/c1-3-4-10-7(12)8-6(11)5(2)9-10/h3H,1,4H2,2H3,(H,8,11,12). The molecular formula is C7H9N3OS. The SMILES string of the molecule is C=CCn1nc(C)c(=O)[nH]c1=S. The molecule has 12 heavy (non-hydrogen) atoms. The van der Waals surface area contributed by atoms with Gasteiger partial charge >= 0.3 is 0 Å². The molecule has 1 aromatic heterocycles. The normalized spacial score (nSPS) is 9.75. The lowest BCUT2D eigenvalue weighted by Crippen LogP contribution is -2.19. The van der Waals surface area contributed by atoms with Gasteiger partial charge in [0.1, 0.15) is 5.69 Å². The molecule has 4 nitrogen and oxygen atoms in total. The molecule has 0 atom stereocenters. The van der Waals surface area contributed by atoms with Gasteiger partial charge in [-0.1, -0.05) is 6.08 Å². The van der Waals surface area contributed by atoms with Crippen molar-refractivity contribution in [3.63, 3.8) is 0 Å². The summed E-state index contributed by atoms with van der Waals surface area (Å²) >= 11 is 4.86. The lowest BCUT2D eigenvalue weighted by molar-refractivity contribution is 0.625. The Morgan fingerprint density at radius 2 is 2.50 bits per heavy atom. The summed E-state index contributed by atoms with van der Waals surface area (Å²) in [6.45, 7) is 5.69. The molecule has 0 bridgehead atoms. The number of aromatic amines is 1. The number of rotatable bonds is 2. The molecular weight excluding hydrogens is 174 g/mol. The van der Waals surface area contributed by atoms with Crippen LogP contribution in [0.2, 0.25) is 0 Å². The fourth-order valence-electron chi connectivity index (χ4n) is 0.770. The molecule has 0 radical (unpaired) electrons. The lowest BCUT2D eigenvalue weighted by atomic mass is 10.5. The zero-order chi connectivity index (χ0) is 9.14. The summed E-state index contributed by atoms with van der Waals surface area (Å²) in [6.07, 6.45) is 1.67. The van der Waals surface area contributed by atoms with Crippen molar-refractivity contribution in [1.29, 1.82) is 0 Å². The minimum absolute atomic E-state index is 0.236. The molecule has 1 rings (SSSR count). The second-order valence-electron chi connectivity index (χ2n) is 2.32. The smallest absolute Gasteiger partial charge is 0.273 e. The summed E-state index contributed by atoms with van der Waals surface area (Å²) in [5.41, 5.74) is 0.172. The van der Waals surface area contributed by atoms with Crippen molar-refractivity contribution in [2.75, 3.05) is 0 Å². The van der Waals surface area contributed by atoms with Crippen molar-refractivity contribution in [3.8, 4) is 0 Å². The van der Waals surface area contributed by atoms with Gasteiger partial charge in [-0.05, 0) is 19.1 Å². The summed E-state index contributed by atoms with van der Waals surface area (Å²) in [5, 5.41) is 3.96. The summed E-state index contributed by atoms with van der Waals surface area (Å²) in [5.74, 6) is 0. The highest BCUT2D eigenvalue weighted by atomic mass is 32.1. The fourth-order valence-corrected chi connectivity index (χ4v) is 0.978. The highest BCUT2D eigenvalue weighted by Gasteiger charge is 1.96. The number of H-pyrrole nitrogens is 1. The molecule has 0 aliphatic heterocycles. The van der Waals surface area contributed by atoms with Crippen LogP contribution in [-0.4, -0.2) is 14.8 Å². The Morgan fingerprint density at radius 3 is 3.08 bits per heavy atom. The maximum absolute atomic E-state index is 11.0. The van der Waals surface area contributed by atoms with E-state index in [1.807, 2.05) is 0 Å². The maximum atomic E-state index is 11.0. The van der Waals surface area contributed by atoms with Crippen LogP contribution in [0.5, 0.6) is 0 Å². The van der Waals surface area contributed by atoms with E-state index in [1.54, 1.807) is 13.0 Å². The molecule has 0 aliphatic rings. The van der Waals surface area contributed by atoms with E-state index < -0.39 is 0 Å². The number of nitrogens with one attached hydrogen (secondary N) is 1. The molecule has 0 aliphatic carbocycles. The van der Waals surface area contributed by atoms with Gasteiger partial charge in [0.25, 0.3) is 5.56 Å². The van der Waals surface area contributed by atoms with Crippen molar-refractivity contribution < 1.29 is 0 Å². The van der Waals surface area contributed by atoms with Gasteiger partial charge in [0.15, 0.2) is 4.77 Å². The number of aryl methyl sites for hydroxylation is 1. The average Bonchev–Trinajstić information content (AvgIpc) is 2.01. The van der Waals surface area contributed by atoms with Gasteiger partial charge in [0, 0.05) is 0 Å². The second-order valence-corrected chi connectivity index (χ2v) is 2.70. The third-order valence-electron chi connectivity index (χ3n) is 1.36. The van der Waals surface area contributed by atoms with Gasteiger partial charge in [-0.3, -0.25) is 9.78 Å². The molecule has 5 heteroatoms. The van der Waals surface area contributed by atoms with Crippen LogP contribution in [0.1, 0.15) is 5.69 Å².